The summed E-state index contributed by atoms with van der Waals surface area (Å²) < 4.78 is 18.0. The minimum atomic E-state index is -0.172. The Labute approximate surface area is 183 Å². The van der Waals surface area contributed by atoms with E-state index >= 15 is 0 Å². The molecular weight excluding hydrogens is 436 g/mol. The first kappa shape index (κ1) is 24.1. The van der Waals surface area contributed by atoms with Gasteiger partial charge in [0.1, 0.15) is 12.4 Å². The summed E-state index contributed by atoms with van der Waals surface area (Å²) in [6.07, 6.45) is 3.95. The zero-order valence-electron chi connectivity index (χ0n) is 18.3. The van der Waals surface area contributed by atoms with E-state index < -0.39 is 0 Å². The van der Waals surface area contributed by atoms with Gasteiger partial charge in [0.15, 0.2) is 6.29 Å². The third-order valence-electron chi connectivity index (χ3n) is 5.19. The highest BCUT2D eigenvalue weighted by Crippen LogP contribution is 2.31. The van der Waals surface area contributed by atoms with Crippen LogP contribution in [-0.2, 0) is 9.47 Å². The third-order valence-corrected chi connectivity index (χ3v) is 5.81. The van der Waals surface area contributed by atoms with Gasteiger partial charge in [0.05, 0.1) is 11.1 Å². The second-order valence-corrected chi connectivity index (χ2v) is 9.34. The largest absolute Gasteiger partial charge is 0.490 e. The molecule has 0 radical (unpaired) electrons. The molecule has 0 spiro atoms. The fourth-order valence-corrected chi connectivity index (χ4v) is 3.94. The zero-order valence-corrected chi connectivity index (χ0v) is 19.9. The topological polar surface area (TPSA) is 68.8 Å². The monoisotopic (exact) mass is 470 g/mol. The molecule has 1 fully saturated rings. The molecule has 2 N–H and O–H groups in total. The highest BCUT2D eigenvalue weighted by molar-refractivity contribution is 9.10. The van der Waals surface area contributed by atoms with Crippen LogP contribution >= 0.6 is 15.9 Å². The van der Waals surface area contributed by atoms with Gasteiger partial charge in [-0.15, -0.1) is 0 Å². The molecule has 2 rings (SSSR count). The summed E-state index contributed by atoms with van der Waals surface area (Å²) in [5.74, 6) is 0.489. The van der Waals surface area contributed by atoms with Gasteiger partial charge in [-0.2, -0.15) is 0 Å². The number of ether oxygens (including phenoxy) is 3. The van der Waals surface area contributed by atoms with Gasteiger partial charge in [-0.25, -0.2) is 5.43 Å². The van der Waals surface area contributed by atoms with Gasteiger partial charge in [-0.1, -0.05) is 27.7 Å². The van der Waals surface area contributed by atoms with Crippen molar-refractivity contribution >= 4 is 21.8 Å². The first-order valence-electron chi connectivity index (χ1n) is 10.4. The maximum absolute atomic E-state index is 12.7. The molecule has 1 heterocycles. The smallest absolute Gasteiger partial charge is 0.265 e. The predicted octanol–water partition coefficient (Wildman–Crippen LogP) is 4.74. The second kappa shape index (κ2) is 11.3. The van der Waals surface area contributed by atoms with Crippen molar-refractivity contribution in [1.82, 2.24) is 10.9 Å². The average Bonchev–Trinajstić information content (AvgIpc) is 2.67. The van der Waals surface area contributed by atoms with Crippen LogP contribution in [0.25, 0.3) is 0 Å². The number of halogens is 1. The second-order valence-electron chi connectivity index (χ2n) is 8.49. The number of hydrazine groups is 1. The van der Waals surface area contributed by atoms with E-state index in [1.807, 2.05) is 13.0 Å². The molecule has 2 atom stereocenters. The van der Waals surface area contributed by atoms with Crippen molar-refractivity contribution < 1.29 is 19.0 Å². The highest BCUT2D eigenvalue weighted by Gasteiger charge is 2.24. The number of hydrogen-bond acceptors (Lipinski definition) is 5. The summed E-state index contributed by atoms with van der Waals surface area (Å²) in [6.45, 7) is 12.0. The van der Waals surface area contributed by atoms with Crippen molar-refractivity contribution in [1.29, 1.82) is 0 Å². The van der Waals surface area contributed by atoms with E-state index in [0.717, 1.165) is 42.3 Å². The van der Waals surface area contributed by atoms with E-state index in [4.69, 9.17) is 14.2 Å². The molecule has 0 aliphatic carbocycles. The predicted molar refractivity (Wildman–Crippen MR) is 118 cm³/mol. The van der Waals surface area contributed by atoms with Crippen LogP contribution in [0.4, 0.5) is 0 Å². The molecule has 29 heavy (non-hydrogen) atoms. The van der Waals surface area contributed by atoms with Crippen molar-refractivity contribution in [2.75, 3.05) is 19.8 Å². The number of nitrogens with one attached hydrogen (secondary N) is 2. The summed E-state index contributed by atoms with van der Waals surface area (Å²) in [5, 5.41) is 0. The van der Waals surface area contributed by atoms with Gasteiger partial charge in [-0.3, -0.25) is 10.2 Å². The Morgan fingerprint density at radius 1 is 1.31 bits per heavy atom. The van der Waals surface area contributed by atoms with Crippen molar-refractivity contribution in [3.05, 3.63) is 27.7 Å². The number of amides is 1. The zero-order chi connectivity index (χ0) is 21.4. The molecule has 1 aromatic rings. The Bertz CT molecular complexity index is 670. The number of carbonyl (C=O) groups is 1. The van der Waals surface area contributed by atoms with Crippen molar-refractivity contribution in [3.63, 3.8) is 0 Å². The molecule has 0 saturated carbocycles. The SMILES string of the molecule is CCC(NNC(=O)c1ccc(Br)c(OCCOC2CCCCO2)c1C)C(C)(C)C. The summed E-state index contributed by atoms with van der Waals surface area (Å²) in [5.41, 5.74) is 7.44. The van der Waals surface area contributed by atoms with E-state index in [1.165, 1.54) is 0 Å². The van der Waals surface area contributed by atoms with Crippen LogP contribution < -0.4 is 15.6 Å². The van der Waals surface area contributed by atoms with E-state index in [0.29, 0.717) is 24.5 Å². The van der Waals surface area contributed by atoms with Gasteiger partial charge < -0.3 is 14.2 Å². The lowest BCUT2D eigenvalue weighted by molar-refractivity contribution is -0.165. The average molecular weight is 471 g/mol. The quantitative estimate of drug-likeness (QED) is 0.402. The Morgan fingerprint density at radius 2 is 2.07 bits per heavy atom. The van der Waals surface area contributed by atoms with Gasteiger partial charge in [0.2, 0.25) is 0 Å². The molecular formula is C22H35BrN2O4. The molecule has 7 heteroatoms. The molecule has 6 nitrogen and oxygen atoms in total. The number of hydrogen-bond donors (Lipinski definition) is 2. The Balaban J connectivity index is 1.93. The lowest BCUT2D eigenvalue weighted by Gasteiger charge is -2.30. The van der Waals surface area contributed by atoms with Crippen LogP contribution in [0, 0.1) is 12.3 Å². The fourth-order valence-electron chi connectivity index (χ4n) is 3.40. The molecule has 1 saturated heterocycles. The molecule has 164 valence electrons. The molecule has 0 bridgehead atoms. The fraction of sp³-hybridized carbons (Fsp3) is 0.682. The van der Waals surface area contributed by atoms with E-state index in [9.17, 15) is 4.79 Å². The van der Waals surface area contributed by atoms with Crippen molar-refractivity contribution in [2.45, 2.75) is 72.6 Å². The first-order chi connectivity index (χ1) is 13.7. The van der Waals surface area contributed by atoms with E-state index in [-0.39, 0.29) is 23.7 Å². The Kier molecular flexibility index (Phi) is 9.40. The molecule has 1 aromatic carbocycles. The summed E-state index contributed by atoms with van der Waals surface area (Å²) in [4.78, 5) is 12.7. The lowest BCUT2D eigenvalue weighted by atomic mass is 9.86. The summed E-state index contributed by atoms with van der Waals surface area (Å²) >= 11 is 3.52. The maximum atomic E-state index is 12.7. The Hall–Kier alpha value is -1.15. The molecule has 2 unspecified atom stereocenters. The summed E-state index contributed by atoms with van der Waals surface area (Å²) in [6, 6.07) is 3.81. The van der Waals surface area contributed by atoms with Crippen molar-refractivity contribution in [3.8, 4) is 5.75 Å². The third kappa shape index (κ3) is 7.24. The van der Waals surface area contributed by atoms with E-state index in [1.54, 1.807) is 6.07 Å². The highest BCUT2D eigenvalue weighted by atomic mass is 79.9. The van der Waals surface area contributed by atoms with Crippen LogP contribution in [0.5, 0.6) is 5.75 Å². The summed E-state index contributed by atoms with van der Waals surface area (Å²) in [7, 11) is 0. The van der Waals surface area contributed by atoms with Crippen molar-refractivity contribution in [2.24, 2.45) is 5.41 Å². The molecule has 0 aromatic heterocycles. The first-order valence-corrected chi connectivity index (χ1v) is 11.2. The van der Waals surface area contributed by atoms with Crippen LogP contribution in [0.3, 0.4) is 0 Å². The minimum Gasteiger partial charge on any atom is -0.490 e. The molecule has 1 amide bonds. The molecule has 1 aliphatic heterocycles. The normalized spacial score (nSPS) is 18.3. The van der Waals surface area contributed by atoms with Crippen LogP contribution in [0.15, 0.2) is 16.6 Å². The van der Waals surface area contributed by atoms with Gasteiger partial charge >= 0.3 is 0 Å². The molecule has 1 aliphatic rings. The lowest BCUT2D eigenvalue weighted by Crippen LogP contribution is -2.49. The Morgan fingerprint density at radius 3 is 2.69 bits per heavy atom. The maximum Gasteiger partial charge on any atom is 0.265 e. The number of carbonyl (C=O) groups excluding carboxylic acids is 1. The van der Waals surface area contributed by atoms with Crippen LogP contribution in [0.2, 0.25) is 0 Å². The standard InChI is InChI=1S/C22H35BrN2O4/c1-6-18(22(3,4)5)24-25-21(26)16-10-11-17(23)20(15(16)2)29-14-13-28-19-9-7-8-12-27-19/h10-11,18-19,24H,6-9,12-14H2,1-5H3,(H,25,26). The van der Waals surface area contributed by atoms with Gasteiger partial charge in [0, 0.05) is 23.8 Å². The number of rotatable bonds is 9. The van der Waals surface area contributed by atoms with Crippen LogP contribution in [-0.4, -0.2) is 38.1 Å². The number of benzene rings is 1. The van der Waals surface area contributed by atoms with E-state index in [2.05, 4.69) is 54.5 Å². The minimum absolute atomic E-state index is 0.0487. The van der Waals surface area contributed by atoms with Gasteiger partial charge in [-0.05, 0) is 66.1 Å². The van der Waals surface area contributed by atoms with Gasteiger partial charge in [0.25, 0.3) is 5.91 Å². The van der Waals surface area contributed by atoms with Crippen LogP contribution in [0.1, 0.15) is 69.3 Å².